The van der Waals surface area contributed by atoms with Crippen LogP contribution in [0.25, 0.3) is 0 Å². The summed E-state index contributed by atoms with van der Waals surface area (Å²) in [7, 11) is 1.63. The molecule has 1 aliphatic carbocycles. The average Bonchev–Trinajstić information content (AvgIpc) is 2.64. The van der Waals surface area contributed by atoms with Crippen LogP contribution in [0.15, 0.2) is 0 Å². The van der Waals surface area contributed by atoms with Crippen molar-refractivity contribution in [2.75, 3.05) is 13.7 Å². The van der Waals surface area contributed by atoms with Gasteiger partial charge in [0.25, 0.3) is 0 Å². The van der Waals surface area contributed by atoms with Gasteiger partial charge in [0.1, 0.15) is 0 Å². The zero-order valence-corrected chi connectivity index (χ0v) is 9.36. The molecule has 92 valence electrons. The lowest BCUT2D eigenvalue weighted by Crippen LogP contribution is -2.46. The first-order chi connectivity index (χ1) is 7.63. The van der Waals surface area contributed by atoms with E-state index >= 15 is 0 Å². The maximum Gasteiger partial charge on any atom is 0.315 e. The molecule has 0 spiro atoms. The van der Waals surface area contributed by atoms with Gasteiger partial charge in [-0.1, -0.05) is 0 Å². The first-order valence-corrected chi connectivity index (χ1v) is 5.42. The van der Waals surface area contributed by atoms with E-state index in [-0.39, 0.29) is 31.1 Å². The van der Waals surface area contributed by atoms with Crippen molar-refractivity contribution in [1.82, 2.24) is 10.6 Å². The molecule has 1 rings (SSSR count). The van der Waals surface area contributed by atoms with E-state index in [0.29, 0.717) is 0 Å². The Bertz CT molecular complexity index is 257. The van der Waals surface area contributed by atoms with Gasteiger partial charge in [0.15, 0.2) is 0 Å². The number of amides is 2. The van der Waals surface area contributed by atoms with Crippen molar-refractivity contribution < 1.29 is 19.4 Å². The van der Waals surface area contributed by atoms with Gasteiger partial charge >= 0.3 is 12.0 Å². The standard InChI is InChI=1S/C10H18N2O4/c1-16-8-4-2-3-7(8)12-10(15)11-6-5-9(13)14/h7-8H,2-6H2,1H3,(H,13,14)(H2,11,12,15)/t7-,8-/m1/s1. The van der Waals surface area contributed by atoms with Crippen molar-refractivity contribution in [2.24, 2.45) is 0 Å². The van der Waals surface area contributed by atoms with Gasteiger partial charge in [0, 0.05) is 13.7 Å². The number of aliphatic carboxylic acids is 1. The topological polar surface area (TPSA) is 87.7 Å². The number of hydrogen-bond acceptors (Lipinski definition) is 3. The third-order valence-electron chi connectivity index (χ3n) is 2.70. The third kappa shape index (κ3) is 4.06. The van der Waals surface area contributed by atoms with Crippen LogP contribution in [0.3, 0.4) is 0 Å². The monoisotopic (exact) mass is 230 g/mol. The van der Waals surface area contributed by atoms with Crippen LogP contribution in [0, 0.1) is 0 Å². The summed E-state index contributed by atoms with van der Waals surface area (Å²) in [5.41, 5.74) is 0. The number of carbonyl (C=O) groups excluding carboxylic acids is 1. The summed E-state index contributed by atoms with van der Waals surface area (Å²) < 4.78 is 5.23. The Morgan fingerprint density at radius 3 is 2.81 bits per heavy atom. The Kier molecular flexibility index (Phi) is 5.04. The Morgan fingerprint density at radius 2 is 2.19 bits per heavy atom. The zero-order chi connectivity index (χ0) is 12.0. The summed E-state index contributed by atoms with van der Waals surface area (Å²) in [6.45, 7) is 0.144. The summed E-state index contributed by atoms with van der Waals surface area (Å²) in [4.78, 5) is 21.6. The Hall–Kier alpha value is -1.30. The van der Waals surface area contributed by atoms with E-state index in [1.165, 1.54) is 0 Å². The molecular weight excluding hydrogens is 212 g/mol. The van der Waals surface area contributed by atoms with Crippen molar-refractivity contribution in [3.63, 3.8) is 0 Å². The highest BCUT2D eigenvalue weighted by Crippen LogP contribution is 2.21. The number of urea groups is 1. The Labute approximate surface area is 94.3 Å². The van der Waals surface area contributed by atoms with Gasteiger partial charge < -0.3 is 20.5 Å². The largest absolute Gasteiger partial charge is 0.481 e. The highest BCUT2D eigenvalue weighted by Gasteiger charge is 2.28. The maximum atomic E-state index is 11.4. The van der Waals surface area contributed by atoms with E-state index in [1.807, 2.05) is 0 Å². The summed E-state index contributed by atoms with van der Waals surface area (Å²) in [6.07, 6.45) is 2.91. The van der Waals surface area contributed by atoms with E-state index in [1.54, 1.807) is 7.11 Å². The number of carboxylic acid groups (broad SMARTS) is 1. The molecule has 0 aromatic rings. The Morgan fingerprint density at radius 1 is 1.44 bits per heavy atom. The second-order valence-corrected chi connectivity index (χ2v) is 3.86. The molecule has 6 nitrogen and oxygen atoms in total. The lowest BCUT2D eigenvalue weighted by molar-refractivity contribution is -0.136. The molecule has 0 aliphatic heterocycles. The predicted octanol–water partition coefficient (Wildman–Crippen LogP) is 0.328. The second-order valence-electron chi connectivity index (χ2n) is 3.86. The third-order valence-corrected chi connectivity index (χ3v) is 2.70. The second kappa shape index (κ2) is 6.32. The summed E-state index contributed by atoms with van der Waals surface area (Å²) in [5.74, 6) is -0.920. The van der Waals surface area contributed by atoms with E-state index in [4.69, 9.17) is 9.84 Å². The minimum Gasteiger partial charge on any atom is -0.481 e. The first kappa shape index (κ1) is 12.8. The van der Waals surface area contributed by atoms with E-state index in [0.717, 1.165) is 19.3 Å². The van der Waals surface area contributed by atoms with Crippen LogP contribution >= 0.6 is 0 Å². The molecule has 3 N–H and O–H groups in total. The molecule has 6 heteroatoms. The molecule has 0 radical (unpaired) electrons. The molecule has 0 unspecified atom stereocenters. The van der Waals surface area contributed by atoms with Gasteiger partial charge in [0.05, 0.1) is 18.6 Å². The highest BCUT2D eigenvalue weighted by atomic mass is 16.5. The van der Waals surface area contributed by atoms with Crippen LogP contribution < -0.4 is 10.6 Å². The molecule has 1 aliphatic rings. The summed E-state index contributed by atoms with van der Waals surface area (Å²) in [5, 5.41) is 13.7. The van der Waals surface area contributed by atoms with Crippen molar-refractivity contribution in [3.8, 4) is 0 Å². The zero-order valence-electron chi connectivity index (χ0n) is 9.36. The molecule has 1 fully saturated rings. The quantitative estimate of drug-likeness (QED) is 0.635. The molecule has 0 aromatic carbocycles. The lowest BCUT2D eigenvalue weighted by Gasteiger charge is -2.19. The fourth-order valence-corrected chi connectivity index (χ4v) is 1.88. The normalized spacial score (nSPS) is 24.1. The van der Waals surface area contributed by atoms with Crippen LogP contribution in [0.5, 0.6) is 0 Å². The van der Waals surface area contributed by atoms with Gasteiger partial charge in [-0.3, -0.25) is 4.79 Å². The molecule has 2 amide bonds. The fourth-order valence-electron chi connectivity index (χ4n) is 1.88. The number of ether oxygens (including phenoxy) is 1. The Balaban J connectivity index is 2.20. The van der Waals surface area contributed by atoms with Crippen molar-refractivity contribution in [2.45, 2.75) is 37.8 Å². The van der Waals surface area contributed by atoms with Gasteiger partial charge in [-0.25, -0.2) is 4.79 Å². The summed E-state index contributed by atoms with van der Waals surface area (Å²) in [6, 6.07) is -0.287. The molecule has 2 atom stereocenters. The van der Waals surface area contributed by atoms with Crippen LogP contribution in [-0.2, 0) is 9.53 Å². The van der Waals surface area contributed by atoms with Gasteiger partial charge in [-0.2, -0.15) is 0 Å². The van der Waals surface area contributed by atoms with Crippen LogP contribution in [0.1, 0.15) is 25.7 Å². The smallest absolute Gasteiger partial charge is 0.315 e. The molecule has 0 bridgehead atoms. The average molecular weight is 230 g/mol. The van der Waals surface area contributed by atoms with Gasteiger partial charge in [-0.15, -0.1) is 0 Å². The maximum absolute atomic E-state index is 11.4. The molecule has 0 heterocycles. The summed E-state index contributed by atoms with van der Waals surface area (Å²) >= 11 is 0. The van der Waals surface area contributed by atoms with E-state index in [9.17, 15) is 9.59 Å². The minimum absolute atomic E-state index is 0.0369. The van der Waals surface area contributed by atoms with Crippen LogP contribution in [0.4, 0.5) is 4.79 Å². The number of methoxy groups -OCH3 is 1. The predicted molar refractivity (Wildman–Crippen MR) is 57.2 cm³/mol. The number of hydrogen-bond donors (Lipinski definition) is 3. The molecule has 0 aromatic heterocycles. The van der Waals surface area contributed by atoms with Crippen molar-refractivity contribution >= 4 is 12.0 Å². The number of nitrogens with one attached hydrogen (secondary N) is 2. The molecule has 16 heavy (non-hydrogen) atoms. The number of carboxylic acids is 1. The molecule has 0 saturated heterocycles. The van der Waals surface area contributed by atoms with Crippen molar-refractivity contribution in [3.05, 3.63) is 0 Å². The lowest BCUT2D eigenvalue weighted by atomic mass is 10.2. The molecular formula is C10H18N2O4. The fraction of sp³-hybridized carbons (Fsp3) is 0.800. The number of carbonyl (C=O) groups is 2. The number of rotatable bonds is 5. The van der Waals surface area contributed by atoms with E-state index < -0.39 is 5.97 Å². The molecule has 1 saturated carbocycles. The first-order valence-electron chi connectivity index (χ1n) is 5.42. The van der Waals surface area contributed by atoms with Crippen LogP contribution in [0.2, 0.25) is 0 Å². The van der Waals surface area contributed by atoms with Crippen molar-refractivity contribution in [1.29, 1.82) is 0 Å². The van der Waals surface area contributed by atoms with Crippen LogP contribution in [-0.4, -0.2) is 42.9 Å². The van der Waals surface area contributed by atoms with Gasteiger partial charge in [0.2, 0.25) is 0 Å². The van der Waals surface area contributed by atoms with E-state index in [2.05, 4.69) is 10.6 Å². The highest BCUT2D eigenvalue weighted by molar-refractivity contribution is 5.75. The SMILES string of the molecule is CO[C@@H]1CCC[C@H]1NC(=O)NCCC(=O)O. The van der Waals surface area contributed by atoms with Gasteiger partial charge in [-0.05, 0) is 19.3 Å². The minimum atomic E-state index is -0.920.